The number of rotatable bonds is 6. The highest BCUT2D eigenvalue weighted by Gasteiger charge is 2.35. The second-order valence-corrected chi connectivity index (χ2v) is 8.97. The zero-order valence-corrected chi connectivity index (χ0v) is 20.6. The number of aryl methyl sites for hydroxylation is 2. The topological polar surface area (TPSA) is 103 Å². The van der Waals surface area contributed by atoms with Crippen molar-refractivity contribution in [3.8, 4) is 17.2 Å². The first-order valence-corrected chi connectivity index (χ1v) is 11.8. The lowest BCUT2D eigenvalue weighted by Gasteiger charge is -2.13. The average molecular weight is 518 g/mol. The van der Waals surface area contributed by atoms with Crippen molar-refractivity contribution in [1.29, 1.82) is 0 Å². The van der Waals surface area contributed by atoms with Gasteiger partial charge in [-0.2, -0.15) is 0 Å². The van der Waals surface area contributed by atoms with Gasteiger partial charge in [0.1, 0.15) is 23.3 Å². The SMILES string of the molecule is Cc1cc(Oc2coc3cc(OC(=O)CCN4C(=O)c5ccccc5C4=O)ccc3c2=O)cc(C)c1Cl. The summed E-state index contributed by atoms with van der Waals surface area (Å²) in [7, 11) is 0. The molecule has 2 heterocycles. The molecule has 9 heteroatoms. The Labute approximate surface area is 216 Å². The molecule has 0 radical (unpaired) electrons. The Morgan fingerprint density at radius 1 is 0.919 bits per heavy atom. The molecule has 0 saturated heterocycles. The third kappa shape index (κ3) is 4.59. The lowest BCUT2D eigenvalue weighted by atomic mass is 10.1. The van der Waals surface area contributed by atoms with Gasteiger partial charge in [-0.3, -0.25) is 24.1 Å². The summed E-state index contributed by atoms with van der Waals surface area (Å²) >= 11 is 6.19. The monoisotopic (exact) mass is 517 g/mol. The van der Waals surface area contributed by atoms with Crippen molar-refractivity contribution in [2.24, 2.45) is 0 Å². The number of hydrogen-bond donors (Lipinski definition) is 0. The van der Waals surface area contributed by atoms with Gasteiger partial charge in [-0.25, -0.2) is 0 Å². The van der Waals surface area contributed by atoms with E-state index in [1.54, 1.807) is 36.4 Å². The predicted molar refractivity (Wildman–Crippen MR) is 136 cm³/mol. The van der Waals surface area contributed by atoms with Crippen molar-refractivity contribution in [3.05, 3.63) is 98.4 Å². The van der Waals surface area contributed by atoms with Crippen molar-refractivity contribution in [2.45, 2.75) is 20.3 Å². The smallest absolute Gasteiger partial charge is 0.313 e. The lowest BCUT2D eigenvalue weighted by Crippen LogP contribution is -2.32. The number of fused-ring (bicyclic) bond motifs is 2. The molecule has 37 heavy (non-hydrogen) atoms. The van der Waals surface area contributed by atoms with Crippen molar-refractivity contribution < 1.29 is 28.3 Å². The van der Waals surface area contributed by atoms with Gasteiger partial charge >= 0.3 is 5.97 Å². The van der Waals surface area contributed by atoms with E-state index < -0.39 is 23.2 Å². The van der Waals surface area contributed by atoms with E-state index in [9.17, 15) is 19.2 Å². The minimum Gasteiger partial charge on any atom is -0.460 e. The van der Waals surface area contributed by atoms with E-state index in [1.165, 1.54) is 24.5 Å². The molecule has 2 amide bonds. The molecule has 8 nitrogen and oxygen atoms in total. The molecular weight excluding hydrogens is 498 g/mol. The molecule has 0 saturated carbocycles. The van der Waals surface area contributed by atoms with Crippen LogP contribution in [0.5, 0.6) is 17.2 Å². The van der Waals surface area contributed by atoms with Crippen molar-refractivity contribution in [2.75, 3.05) is 6.54 Å². The summed E-state index contributed by atoms with van der Waals surface area (Å²) in [6, 6.07) is 14.3. The number of nitrogens with zero attached hydrogens (tertiary/aromatic N) is 1. The molecule has 0 fully saturated rings. The Morgan fingerprint density at radius 2 is 1.57 bits per heavy atom. The number of esters is 1. The maximum atomic E-state index is 12.9. The zero-order chi connectivity index (χ0) is 26.3. The molecule has 0 N–H and O–H groups in total. The van der Waals surface area contributed by atoms with Crippen LogP contribution < -0.4 is 14.9 Å². The van der Waals surface area contributed by atoms with Crippen LogP contribution in [0.15, 0.2) is 70.1 Å². The number of carbonyl (C=O) groups is 3. The van der Waals surface area contributed by atoms with Gasteiger partial charge in [-0.15, -0.1) is 0 Å². The summed E-state index contributed by atoms with van der Waals surface area (Å²) in [6.07, 6.45) is 0.998. The summed E-state index contributed by atoms with van der Waals surface area (Å²) < 4.78 is 16.6. The predicted octanol–water partition coefficient (Wildman–Crippen LogP) is 5.45. The van der Waals surface area contributed by atoms with Crippen LogP contribution in [0.2, 0.25) is 5.02 Å². The van der Waals surface area contributed by atoms with Gasteiger partial charge < -0.3 is 13.9 Å². The Bertz CT molecular complexity index is 1600. The molecular formula is C28H20ClNO7. The maximum absolute atomic E-state index is 12.9. The Morgan fingerprint density at radius 3 is 2.22 bits per heavy atom. The van der Waals surface area contributed by atoms with Crippen LogP contribution in [0.1, 0.15) is 38.3 Å². The van der Waals surface area contributed by atoms with Crippen LogP contribution in [0, 0.1) is 13.8 Å². The number of amides is 2. The number of benzene rings is 3. The molecule has 1 aromatic heterocycles. The van der Waals surface area contributed by atoms with E-state index in [0.29, 0.717) is 21.9 Å². The number of halogens is 1. The fraction of sp³-hybridized carbons (Fsp3) is 0.143. The van der Waals surface area contributed by atoms with Crippen LogP contribution in [0.3, 0.4) is 0 Å². The molecule has 5 rings (SSSR count). The fourth-order valence-electron chi connectivity index (χ4n) is 4.14. The highest BCUT2D eigenvalue weighted by molar-refractivity contribution is 6.32. The third-order valence-electron chi connectivity index (χ3n) is 6.00. The highest BCUT2D eigenvalue weighted by atomic mass is 35.5. The van der Waals surface area contributed by atoms with Crippen molar-refractivity contribution in [1.82, 2.24) is 4.90 Å². The summed E-state index contributed by atoms with van der Waals surface area (Å²) in [6.45, 7) is 3.57. The minimum atomic E-state index is -0.647. The van der Waals surface area contributed by atoms with Crippen LogP contribution in [-0.2, 0) is 4.79 Å². The molecule has 0 unspecified atom stereocenters. The van der Waals surface area contributed by atoms with E-state index in [1.807, 2.05) is 13.8 Å². The van der Waals surface area contributed by atoms with Gasteiger partial charge in [0.25, 0.3) is 11.8 Å². The summed E-state index contributed by atoms with van der Waals surface area (Å²) in [5.74, 6) is -0.924. The summed E-state index contributed by atoms with van der Waals surface area (Å²) in [5.41, 5.74) is 2.07. The van der Waals surface area contributed by atoms with Gasteiger partial charge in [-0.1, -0.05) is 23.7 Å². The molecule has 4 aromatic rings. The largest absolute Gasteiger partial charge is 0.460 e. The normalized spacial score (nSPS) is 12.7. The first kappa shape index (κ1) is 24.3. The number of imide groups is 1. The van der Waals surface area contributed by atoms with Gasteiger partial charge in [0.2, 0.25) is 11.2 Å². The van der Waals surface area contributed by atoms with E-state index in [2.05, 4.69) is 0 Å². The van der Waals surface area contributed by atoms with Crippen molar-refractivity contribution >= 4 is 40.4 Å². The van der Waals surface area contributed by atoms with E-state index in [0.717, 1.165) is 16.0 Å². The molecule has 186 valence electrons. The number of ether oxygens (including phenoxy) is 2. The Kier molecular flexibility index (Phi) is 6.27. The summed E-state index contributed by atoms with van der Waals surface area (Å²) in [5, 5.41) is 0.870. The average Bonchev–Trinajstić information content (AvgIpc) is 3.12. The van der Waals surface area contributed by atoms with E-state index >= 15 is 0 Å². The molecule has 0 aliphatic carbocycles. The quantitative estimate of drug-likeness (QED) is 0.190. The van der Waals surface area contributed by atoms with Crippen LogP contribution in [0.25, 0.3) is 11.0 Å². The standard InChI is InChI=1S/C28H20ClNO7/c1-15-11-18(12-16(2)25(15)29)36-23-14-35-22-13-17(7-8-21(22)26(23)32)37-24(31)9-10-30-27(33)19-5-3-4-6-20(19)28(30)34/h3-8,11-14H,9-10H2,1-2H3. The zero-order valence-electron chi connectivity index (χ0n) is 19.9. The molecule has 0 atom stereocenters. The summed E-state index contributed by atoms with van der Waals surface area (Å²) in [4.78, 5) is 51.2. The van der Waals surface area contributed by atoms with Gasteiger partial charge in [-0.05, 0) is 61.4 Å². The van der Waals surface area contributed by atoms with Gasteiger partial charge in [0.15, 0.2) is 0 Å². The van der Waals surface area contributed by atoms with Crippen LogP contribution in [0.4, 0.5) is 0 Å². The van der Waals surface area contributed by atoms with E-state index in [-0.39, 0.29) is 35.4 Å². The molecule has 0 bridgehead atoms. The van der Waals surface area contributed by atoms with Crippen molar-refractivity contribution in [3.63, 3.8) is 0 Å². The second kappa shape index (κ2) is 9.55. The third-order valence-corrected chi connectivity index (χ3v) is 6.60. The molecule has 1 aliphatic rings. The first-order valence-electron chi connectivity index (χ1n) is 11.4. The van der Waals surface area contributed by atoms with E-state index in [4.69, 9.17) is 25.5 Å². The van der Waals surface area contributed by atoms with Crippen LogP contribution in [-0.4, -0.2) is 29.2 Å². The van der Waals surface area contributed by atoms with Gasteiger partial charge in [0, 0.05) is 17.6 Å². The van der Waals surface area contributed by atoms with Gasteiger partial charge in [0.05, 0.1) is 22.9 Å². The number of hydrogen-bond acceptors (Lipinski definition) is 7. The Hall–Kier alpha value is -4.43. The first-order chi connectivity index (χ1) is 17.7. The fourth-order valence-corrected chi connectivity index (χ4v) is 4.25. The highest BCUT2D eigenvalue weighted by Crippen LogP contribution is 2.29. The maximum Gasteiger partial charge on any atom is 0.313 e. The van der Waals surface area contributed by atoms with Crippen LogP contribution >= 0.6 is 11.6 Å². The molecule has 0 spiro atoms. The second-order valence-electron chi connectivity index (χ2n) is 8.59. The molecule has 1 aliphatic heterocycles. The lowest BCUT2D eigenvalue weighted by molar-refractivity contribution is -0.134. The minimum absolute atomic E-state index is 0.000638. The molecule has 3 aromatic carbocycles. The number of carbonyl (C=O) groups excluding carboxylic acids is 3. The Balaban J connectivity index is 1.27.